The first-order chi connectivity index (χ1) is 41.7. The van der Waals surface area contributed by atoms with Gasteiger partial charge in [-0.3, -0.25) is 0 Å². The summed E-state index contributed by atoms with van der Waals surface area (Å²) in [6.45, 7) is 19.5. The van der Waals surface area contributed by atoms with Gasteiger partial charge in [0.05, 0.1) is 54.6 Å². The molecule has 0 aromatic rings. The molecule has 0 aliphatic carbocycles. The van der Waals surface area contributed by atoms with Crippen LogP contribution in [0.25, 0.3) is 0 Å². The number of hydrogen-bond acceptors (Lipinski definition) is 5. The highest BCUT2D eigenvalue weighted by atomic mass is 16.5. The Hall–Kier alpha value is -0.280. The van der Waals surface area contributed by atoms with Crippen LogP contribution in [0.4, 0.5) is 0 Å². The molecule has 7 nitrogen and oxygen atoms in total. The van der Waals surface area contributed by atoms with Crippen molar-refractivity contribution in [3.8, 4) is 0 Å². The van der Waals surface area contributed by atoms with Crippen LogP contribution < -0.4 is 0 Å². The average Bonchev–Trinajstić information content (AvgIpc) is 3.54. The predicted octanol–water partition coefficient (Wildman–Crippen LogP) is 23.9. The van der Waals surface area contributed by atoms with Crippen LogP contribution in [0.15, 0.2) is 0 Å². The predicted molar refractivity (Wildman–Crippen MR) is 377 cm³/mol. The molecule has 0 radical (unpaired) electrons. The SMILES string of the molecule is CCCCCCCCCCCCCCCCOCC(C[N+](C)(C)CCOCC[N+](C)(C)CC(COCCCCCCCCCCCCCCCC)OCCCCCCCCCCCCCCCC)OCCCCCCCCCCCCCCCC. The second-order valence-corrected chi connectivity index (χ2v) is 28.8. The van der Waals surface area contributed by atoms with Gasteiger partial charge in [-0.25, -0.2) is 0 Å². The number of nitrogens with zero attached hydrogens (tertiary/aromatic N) is 2. The van der Waals surface area contributed by atoms with Gasteiger partial charge in [-0.15, -0.1) is 0 Å². The third kappa shape index (κ3) is 69.5. The lowest BCUT2D eigenvalue weighted by atomic mass is 10.0. The number of rotatable bonds is 76. The monoisotopic (exact) mass is 1210 g/mol. The van der Waals surface area contributed by atoms with Gasteiger partial charge < -0.3 is 32.7 Å². The third-order valence-corrected chi connectivity index (χ3v) is 18.7. The van der Waals surface area contributed by atoms with E-state index in [0.717, 1.165) is 87.6 Å². The Morgan fingerprint density at radius 1 is 0.200 bits per heavy atom. The molecule has 0 aromatic carbocycles. The molecule has 0 fully saturated rings. The van der Waals surface area contributed by atoms with E-state index in [1.807, 2.05) is 0 Å². The Morgan fingerprint density at radius 2 is 0.376 bits per heavy atom. The number of ether oxygens (including phenoxy) is 5. The van der Waals surface area contributed by atoms with Crippen LogP contribution in [0.1, 0.15) is 387 Å². The first-order valence-corrected chi connectivity index (χ1v) is 39.3. The molecule has 512 valence electrons. The molecule has 2 unspecified atom stereocenters. The van der Waals surface area contributed by atoms with Crippen LogP contribution in [0, 0.1) is 0 Å². The highest BCUT2D eigenvalue weighted by Gasteiger charge is 2.25. The fourth-order valence-electron chi connectivity index (χ4n) is 12.6. The zero-order valence-corrected chi connectivity index (χ0v) is 60.2. The van der Waals surface area contributed by atoms with Crippen molar-refractivity contribution in [3.05, 3.63) is 0 Å². The molecule has 0 rings (SSSR count). The van der Waals surface area contributed by atoms with Gasteiger partial charge in [-0.2, -0.15) is 0 Å². The summed E-state index contributed by atoms with van der Waals surface area (Å²) >= 11 is 0. The fraction of sp³-hybridized carbons (Fsp3) is 1.00. The van der Waals surface area contributed by atoms with E-state index in [9.17, 15) is 0 Å². The van der Waals surface area contributed by atoms with Gasteiger partial charge in [0, 0.05) is 26.4 Å². The molecule has 0 saturated heterocycles. The van der Waals surface area contributed by atoms with Crippen LogP contribution in [0.3, 0.4) is 0 Å². The molecule has 0 aliphatic heterocycles. The molecule has 0 amide bonds. The van der Waals surface area contributed by atoms with Crippen molar-refractivity contribution < 1.29 is 32.7 Å². The first-order valence-electron chi connectivity index (χ1n) is 39.3. The van der Waals surface area contributed by atoms with E-state index >= 15 is 0 Å². The maximum Gasteiger partial charge on any atom is 0.130 e. The number of quaternary nitrogens is 2. The Morgan fingerprint density at radius 3 is 0.576 bits per heavy atom. The molecule has 0 N–H and O–H groups in total. The van der Waals surface area contributed by atoms with Crippen LogP contribution in [0.5, 0.6) is 0 Å². The maximum absolute atomic E-state index is 6.68. The Kier molecular flexibility index (Phi) is 69.4. The highest BCUT2D eigenvalue weighted by molar-refractivity contribution is 4.61. The molecule has 85 heavy (non-hydrogen) atoms. The molecule has 7 heteroatoms. The normalized spacial score (nSPS) is 13.0. The van der Waals surface area contributed by atoms with E-state index < -0.39 is 0 Å². The van der Waals surface area contributed by atoms with Crippen LogP contribution in [-0.4, -0.2) is 128 Å². The summed E-state index contributed by atoms with van der Waals surface area (Å²) in [5, 5.41) is 0. The molecule has 2 atom stereocenters. The minimum atomic E-state index is 0.122. The standard InChI is InChI=1S/C78H162N2O5/c1-9-13-17-21-25-29-33-37-41-45-49-53-57-61-67-82-75-77(84-69-63-59-55-51-47-43-39-35-31-27-23-19-15-11-3)73-79(5,6)65-71-81-72-66-80(7,8)74-78(85-70-64-60-56-52-48-44-40-36-32-28-24-20-16-12-4)76-83-68-62-58-54-50-46-42-38-34-30-26-22-18-14-10-2/h77-78H,9-76H2,1-8H3/q+2. The van der Waals surface area contributed by atoms with Gasteiger partial charge >= 0.3 is 0 Å². The summed E-state index contributed by atoms with van der Waals surface area (Å²) in [4.78, 5) is 0. The van der Waals surface area contributed by atoms with E-state index in [-0.39, 0.29) is 12.2 Å². The summed E-state index contributed by atoms with van der Waals surface area (Å²) in [6, 6.07) is 0. The van der Waals surface area contributed by atoms with Crippen LogP contribution in [0.2, 0.25) is 0 Å². The molecular weight excluding hydrogens is 1040 g/mol. The Bertz CT molecular complexity index is 1130. The smallest absolute Gasteiger partial charge is 0.130 e. The Balaban J connectivity index is 4.93. The number of hydrogen-bond donors (Lipinski definition) is 0. The maximum atomic E-state index is 6.68. The Labute approximate surface area is 536 Å². The van der Waals surface area contributed by atoms with Crippen molar-refractivity contribution >= 4 is 0 Å². The van der Waals surface area contributed by atoms with Crippen LogP contribution >= 0.6 is 0 Å². The van der Waals surface area contributed by atoms with Crippen molar-refractivity contribution in [2.24, 2.45) is 0 Å². The summed E-state index contributed by atoms with van der Waals surface area (Å²) in [5.41, 5.74) is 0. The third-order valence-electron chi connectivity index (χ3n) is 18.7. The van der Waals surface area contributed by atoms with E-state index in [1.165, 1.54) is 347 Å². The molecule has 0 saturated carbocycles. The lowest BCUT2D eigenvalue weighted by Crippen LogP contribution is -2.50. The number of unbranched alkanes of at least 4 members (excludes halogenated alkanes) is 52. The second-order valence-electron chi connectivity index (χ2n) is 28.8. The van der Waals surface area contributed by atoms with Gasteiger partial charge in [0.1, 0.15) is 38.4 Å². The second kappa shape index (κ2) is 69.6. The molecule has 0 aromatic heterocycles. The minimum absolute atomic E-state index is 0.122. The highest BCUT2D eigenvalue weighted by Crippen LogP contribution is 2.19. The van der Waals surface area contributed by atoms with Gasteiger partial charge in [0.25, 0.3) is 0 Å². The average molecular weight is 1210 g/mol. The van der Waals surface area contributed by atoms with Crippen molar-refractivity contribution in [2.45, 2.75) is 399 Å². The quantitative estimate of drug-likeness (QED) is 0.0449. The molecule has 0 spiro atoms. The topological polar surface area (TPSA) is 46.2 Å². The van der Waals surface area contributed by atoms with Gasteiger partial charge in [0.15, 0.2) is 0 Å². The lowest BCUT2D eigenvalue weighted by molar-refractivity contribution is -0.897. The van der Waals surface area contributed by atoms with Gasteiger partial charge in [-0.1, -0.05) is 362 Å². The van der Waals surface area contributed by atoms with E-state index in [0.29, 0.717) is 13.2 Å². The summed E-state index contributed by atoms with van der Waals surface area (Å²) in [5.74, 6) is 0. The summed E-state index contributed by atoms with van der Waals surface area (Å²) < 4.78 is 34.4. The molecule has 0 heterocycles. The van der Waals surface area contributed by atoms with E-state index in [2.05, 4.69) is 55.9 Å². The van der Waals surface area contributed by atoms with Gasteiger partial charge in [-0.05, 0) is 25.7 Å². The zero-order chi connectivity index (χ0) is 61.8. The molecule has 0 aliphatic rings. The van der Waals surface area contributed by atoms with Gasteiger partial charge in [0.2, 0.25) is 0 Å². The molecule has 0 bridgehead atoms. The van der Waals surface area contributed by atoms with Crippen molar-refractivity contribution in [1.29, 1.82) is 0 Å². The largest absolute Gasteiger partial charge is 0.379 e. The summed E-state index contributed by atoms with van der Waals surface area (Å²) in [7, 11) is 9.44. The minimum Gasteiger partial charge on any atom is -0.379 e. The molecular formula is C78H162N2O5+2. The van der Waals surface area contributed by atoms with Crippen molar-refractivity contribution in [1.82, 2.24) is 0 Å². The lowest BCUT2D eigenvalue weighted by Gasteiger charge is -2.34. The van der Waals surface area contributed by atoms with E-state index in [4.69, 9.17) is 23.7 Å². The fourth-order valence-corrected chi connectivity index (χ4v) is 12.6. The van der Waals surface area contributed by atoms with E-state index in [1.54, 1.807) is 0 Å². The first kappa shape index (κ1) is 84.7. The number of likely N-dealkylation sites (N-methyl/N-ethyl adjacent to an activating group) is 2. The van der Waals surface area contributed by atoms with Crippen LogP contribution in [-0.2, 0) is 23.7 Å². The summed E-state index contributed by atoms with van der Waals surface area (Å²) in [6.07, 6.45) is 77.9. The van der Waals surface area contributed by atoms with Crippen molar-refractivity contribution in [3.63, 3.8) is 0 Å². The van der Waals surface area contributed by atoms with Crippen molar-refractivity contribution in [2.75, 3.05) is 107 Å². The zero-order valence-electron chi connectivity index (χ0n) is 60.2.